The minimum Gasteiger partial charge on any atom is -0.465 e. The van der Waals surface area contributed by atoms with E-state index in [1.165, 1.54) is 18.2 Å². The SMILES string of the molecule is O=C(O)Nc1ccc(NCC2CCO2)c([N+](=O)[O-])c1. The summed E-state index contributed by atoms with van der Waals surface area (Å²) >= 11 is 0. The Morgan fingerprint density at radius 3 is 2.84 bits per heavy atom. The van der Waals surface area contributed by atoms with Crippen LogP contribution in [0.25, 0.3) is 0 Å². The van der Waals surface area contributed by atoms with Gasteiger partial charge in [-0.3, -0.25) is 15.4 Å². The second-order valence-electron chi connectivity index (χ2n) is 4.08. The lowest BCUT2D eigenvalue weighted by molar-refractivity contribution is -0.383. The first-order chi connectivity index (χ1) is 9.06. The normalized spacial score (nSPS) is 17.4. The van der Waals surface area contributed by atoms with E-state index < -0.39 is 11.0 Å². The van der Waals surface area contributed by atoms with Gasteiger partial charge >= 0.3 is 6.09 Å². The summed E-state index contributed by atoms with van der Waals surface area (Å²) in [6, 6.07) is 4.12. The molecule has 0 bridgehead atoms. The van der Waals surface area contributed by atoms with Crippen molar-refractivity contribution in [1.29, 1.82) is 0 Å². The van der Waals surface area contributed by atoms with Crippen LogP contribution in [0.5, 0.6) is 0 Å². The van der Waals surface area contributed by atoms with Gasteiger partial charge in [-0.25, -0.2) is 4.79 Å². The Kier molecular flexibility index (Phi) is 3.81. The molecule has 1 aromatic carbocycles. The Morgan fingerprint density at radius 2 is 2.32 bits per heavy atom. The average molecular weight is 267 g/mol. The molecule has 0 saturated carbocycles. The van der Waals surface area contributed by atoms with Crippen molar-refractivity contribution in [2.24, 2.45) is 0 Å². The molecule has 1 saturated heterocycles. The van der Waals surface area contributed by atoms with E-state index in [1.807, 2.05) is 0 Å². The third kappa shape index (κ3) is 3.32. The summed E-state index contributed by atoms with van der Waals surface area (Å²) in [6.45, 7) is 1.21. The van der Waals surface area contributed by atoms with Gasteiger partial charge in [0.05, 0.1) is 16.7 Å². The van der Waals surface area contributed by atoms with Gasteiger partial charge in [0.2, 0.25) is 0 Å². The highest BCUT2D eigenvalue weighted by molar-refractivity contribution is 5.84. The average Bonchev–Trinajstić information content (AvgIpc) is 2.27. The molecule has 2 rings (SSSR count). The Balaban J connectivity index is 2.11. The van der Waals surface area contributed by atoms with E-state index >= 15 is 0 Å². The van der Waals surface area contributed by atoms with E-state index in [1.54, 1.807) is 0 Å². The summed E-state index contributed by atoms with van der Waals surface area (Å²) in [5.41, 5.74) is 0.326. The van der Waals surface area contributed by atoms with Gasteiger partial charge in [0.1, 0.15) is 5.69 Å². The number of rotatable bonds is 5. The van der Waals surface area contributed by atoms with E-state index in [0.717, 1.165) is 13.0 Å². The van der Waals surface area contributed by atoms with E-state index in [4.69, 9.17) is 9.84 Å². The second-order valence-corrected chi connectivity index (χ2v) is 4.08. The minimum atomic E-state index is -1.27. The number of nitrogens with zero attached hydrogens (tertiary/aromatic N) is 1. The smallest absolute Gasteiger partial charge is 0.409 e. The number of benzene rings is 1. The van der Waals surface area contributed by atoms with Crippen LogP contribution >= 0.6 is 0 Å². The number of ether oxygens (including phenoxy) is 1. The summed E-state index contributed by atoms with van der Waals surface area (Å²) in [6.07, 6.45) is -0.256. The van der Waals surface area contributed by atoms with Gasteiger partial charge in [-0.1, -0.05) is 0 Å². The van der Waals surface area contributed by atoms with E-state index in [-0.39, 0.29) is 17.5 Å². The van der Waals surface area contributed by atoms with Gasteiger partial charge in [0, 0.05) is 19.2 Å². The number of nitro groups is 1. The van der Waals surface area contributed by atoms with Gasteiger partial charge in [-0.15, -0.1) is 0 Å². The quantitative estimate of drug-likeness (QED) is 0.554. The van der Waals surface area contributed by atoms with E-state index in [0.29, 0.717) is 12.2 Å². The number of carbonyl (C=O) groups is 1. The molecule has 8 heteroatoms. The maximum atomic E-state index is 10.9. The van der Waals surface area contributed by atoms with Crippen molar-refractivity contribution in [1.82, 2.24) is 0 Å². The molecular formula is C11H13N3O5. The highest BCUT2D eigenvalue weighted by atomic mass is 16.6. The zero-order chi connectivity index (χ0) is 13.8. The maximum absolute atomic E-state index is 10.9. The highest BCUT2D eigenvalue weighted by Crippen LogP contribution is 2.28. The highest BCUT2D eigenvalue weighted by Gasteiger charge is 2.20. The maximum Gasteiger partial charge on any atom is 0.409 e. The van der Waals surface area contributed by atoms with Crippen molar-refractivity contribution < 1.29 is 19.6 Å². The molecule has 1 aliphatic rings. The number of anilines is 2. The molecule has 19 heavy (non-hydrogen) atoms. The molecule has 0 radical (unpaired) electrons. The van der Waals surface area contributed by atoms with Crippen LogP contribution in [-0.2, 0) is 4.74 Å². The molecule has 1 unspecified atom stereocenters. The number of carboxylic acid groups (broad SMARTS) is 1. The molecule has 1 heterocycles. The topological polar surface area (TPSA) is 114 Å². The molecule has 1 fully saturated rings. The number of hydrogen-bond donors (Lipinski definition) is 3. The van der Waals surface area contributed by atoms with E-state index in [2.05, 4.69) is 10.6 Å². The van der Waals surface area contributed by atoms with Crippen molar-refractivity contribution in [3.63, 3.8) is 0 Å². The lowest BCUT2D eigenvalue weighted by Gasteiger charge is -2.26. The van der Waals surface area contributed by atoms with Crippen LogP contribution < -0.4 is 10.6 Å². The van der Waals surface area contributed by atoms with Crippen molar-refractivity contribution in [3.8, 4) is 0 Å². The van der Waals surface area contributed by atoms with Crippen molar-refractivity contribution in [2.45, 2.75) is 12.5 Å². The van der Waals surface area contributed by atoms with Gasteiger partial charge in [0.25, 0.3) is 5.69 Å². The van der Waals surface area contributed by atoms with Gasteiger partial charge in [0.15, 0.2) is 0 Å². The summed E-state index contributed by atoms with van der Waals surface area (Å²) in [5.74, 6) is 0. The molecular weight excluding hydrogens is 254 g/mol. The molecule has 102 valence electrons. The molecule has 0 aliphatic carbocycles. The Labute approximate surface area is 108 Å². The first-order valence-electron chi connectivity index (χ1n) is 5.70. The molecule has 1 aromatic rings. The Bertz CT molecular complexity index is 501. The van der Waals surface area contributed by atoms with Gasteiger partial charge < -0.3 is 15.2 Å². The van der Waals surface area contributed by atoms with Crippen LogP contribution in [-0.4, -0.2) is 35.4 Å². The third-order valence-electron chi connectivity index (χ3n) is 2.76. The zero-order valence-corrected chi connectivity index (χ0v) is 9.96. The standard InChI is InChI=1S/C11H13N3O5/c15-11(16)13-7-1-2-9(10(5-7)14(17)18)12-6-8-3-4-19-8/h1-2,5,8,12-13H,3-4,6H2,(H,15,16). The first-order valence-corrected chi connectivity index (χ1v) is 5.70. The third-order valence-corrected chi connectivity index (χ3v) is 2.76. The number of hydrogen-bond acceptors (Lipinski definition) is 5. The largest absolute Gasteiger partial charge is 0.465 e. The predicted octanol–water partition coefficient (Wildman–Crippen LogP) is 1.89. The van der Waals surface area contributed by atoms with Crippen LogP contribution in [0.3, 0.4) is 0 Å². The summed E-state index contributed by atoms with van der Waals surface area (Å²) in [7, 11) is 0. The summed E-state index contributed by atoms with van der Waals surface area (Å²) in [5, 5.41) is 24.5. The van der Waals surface area contributed by atoms with Crippen LogP contribution in [0.4, 0.5) is 21.9 Å². The fraction of sp³-hybridized carbons (Fsp3) is 0.364. The van der Waals surface area contributed by atoms with Gasteiger partial charge in [-0.05, 0) is 18.6 Å². The molecule has 1 atom stereocenters. The molecule has 8 nitrogen and oxygen atoms in total. The number of amides is 1. The summed E-state index contributed by atoms with van der Waals surface area (Å²) < 4.78 is 5.21. The summed E-state index contributed by atoms with van der Waals surface area (Å²) in [4.78, 5) is 20.9. The first kappa shape index (κ1) is 13.1. The lowest BCUT2D eigenvalue weighted by atomic mass is 10.2. The van der Waals surface area contributed by atoms with Crippen LogP contribution in [0, 0.1) is 10.1 Å². The fourth-order valence-electron chi connectivity index (χ4n) is 1.70. The predicted molar refractivity (Wildman–Crippen MR) is 67.6 cm³/mol. The van der Waals surface area contributed by atoms with Crippen molar-refractivity contribution >= 4 is 23.2 Å². The van der Waals surface area contributed by atoms with Crippen LogP contribution in [0.1, 0.15) is 6.42 Å². The van der Waals surface area contributed by atoms with Crippen molar-refractivity contribution in [2.75, 3.05) is 23.8 Å². The molecule has 1 amide bonds. The van der Waals surface area contributed by atoms with E-state index in [9.17, 15) is 14.9 Å². The van der Waals surface area contributed by atoms with Crippen LogP contribution in [0.2, 0.25) is 0 Å². The molecule has 3 N–H and O–H groups in total. The molecule has 0 spiro atoms. The Morgan fingerprint density at radius 1 is 1.58 bits per heavy atom. The van der Waals surface area contributed by atoms with Crippen LogP contribution in [0.15, 0.2) is 18.2 Å². The fourth-order valence-corrected chi connectivity index (χ4v) is 1.70. The Hall–Kier alpha value is -2.35. The number of nitro benzene ring substituents is 1. The van der Waals surface area contributed by atoms with Crippen molar-refractivity contribution in [3.05, 3.63) is 28.3 Å². The monoisotopic (exact) mass is 267 g/mol. The molecule has 1 aliphatic heterocycles. The molecule has 0 aromatic heterocycles. The second kappa shape index (κ2) is 5.53. The zero-order valence-electron chi connectivity index (χ0n) is 9.96. The van der Waals surface area contributed by atoms with Gasteiger partial charge in [-0.2, -0.15) is 0 Å². The minimum absolute atomic E-state index is 0.0800. The lowest BCUT2D eigenvalue weighted by Crippen LogP contribution is -2.33. The number of nitrogens with one attached hydrogen (secondary N) is 2.